The highest BCUT2D eigenvalue weighted by atomic mass is 127. The van der Waals surface area contributed by atoms with Crippen LogP contribution in [0.1, 0.15) is 24.5 Å². The van der Waals surface area contributed by atoms with Crippen LogP contribution in [0.3, 0.4) is 0 Å². The molecule has 2 heterocycles. The van der Waals surface area contributed by atoms with E-state index in [-0.39, 0.29) is 36.3 Å². The Labute approximate surface area is 187 Å². The maximum Gasteiger partial charge on any atom is 0.227 e. The Kier molecular flexibility index (Phi) is 11.4. The number of hydrogen-bond donors (Lipinski definition) is 3. The number of amides is 1. The molecule has 0 bridgehead atoms. The molecular formula is C19H26ClIN6O. The van der Waals surface area contributed by atoms with Gasteiger partial charge in [-0.25, -0.2) is 9.97 Å². The summed E-state index contributed by atoms with van der Waals surface area (Å²) in [5.41, 5.74) is 2.14. The maximum absolute atomic E-state index is 12.0. The molecule has 0 saturated carbocycles. The van der Waals surface area contributed by atoms with Crippen LogP contribution in [0.15, 0.2) is 41.7 Å². The number of aliphatic imine (C=N–C) groups is 1. The molecule has 0 aliphatic rings. The fraction of sp³-hybridized carbons (Fsp3) is 0.368. The summed E-state index contributed by atoms with van der Waals surface area (Å²) in [6.07, 6.45) is 4.57. The number of hydrogen-bond acceptors (Lipinski definition) is 4. The van der Waals surface area contributed by atoms with Crippen molar-refractivity contribution >= 4 is 53.3 Å². The molecule has 152 valence electrons. The maximum atomic E-state index is 12.0. The van der Waals surface area contributed by atoms with E-state index in [2.05, 4.69) is 30.9 Å². The zero-order chi connectivity index (χ0) is 19.5. The SMILES string of the molecule is CCNC(=NCCC(=O)Nc1ccc(C)cn1)NCCc1ccc(Cl)nc1.I. The van der Waals surface area contributed by atoms with Crippen LogP contribution in [0.25, 0.3) is 0 Å². The van der Waals surface area contributed by atoms with Gasteiger partial charge in [-0.15, -0.1) is 24.0 Å². The lowest BCUT2D eigenvalue weighted by atomic mass is 10.2. The fourth-order valence-electron chi connectivity index (χ4n) is 2.24. The predicted octanol–water partition coefficient (Wildman–Crippen LogP) is 3.18. The first-order valence-corrected chi connectivity index (χ1v) is 9.29. The Balaban J connectivity index is 0.00000392. The number of anilines is 1. The van der Waals surface area contributed by atoms with Gasteiger partial charge in [0, 0.05) is 31.9 Å². The third-order valence-corrected chi connectivity index (χ3v) is 3.85. The largest absolute Gasteiger partial charge is 0.357 e. The predicted molar refractivity (Wildman–Crippen MR) is 125 cm³/mol. The summed E-state index contributed by atoms with van der Waals surface area (Å²) in [6, 6.07) is 7.42. The third-order valence-electron chi connectivity index (χ3n) is 3.63. The van der Waals surface area contributed by atoms with Crippen molar-refractivity contribution in [2.75, 3.05) is 25.0 Å². The molecule has 0 unspecified atom stereocenters. The molecule has 2 rings (SSSR count). The molecule has 9 heteroatoms. The lowest BCUT2D eigenvalue weighted by molar-refractivity contribution is -0.116. The van der Waals surface area contributed by atoms with Gasteiger partial charge in [-0.05, 0) is 43.5 Å². The van der Waals surface area contributed by atoms with Gasteiger partial charge in [-0.2, -0.15) is 0 Å². The monoisotopic (exact) mass is 516 g/mol. The van der Waals surface area contributed by atoms with Crippen molar-refractivity contribution in [3.05, 3.63) is 52.9 Å². The highest BCUT2D eigenvalue weighted by Crippen LogP contribution is 2.05. The number of guanidine groups is 1. The quantitative estimate of drug-likeness (QED) is 0.217. The van der Waals surface area contributed by atoms with E-state index >= 15 is 0 Å². The summed E-state index contributed by atoms with van der Waals surface area (Å²) >= 11 is 5.79. The molecule has 28 heavy (non-hydrogen) atoms. The summed E-state index contributed by atoms with van der Waals surface area (Å²) in [7, 11) is 0. The minimum Gasteiger partial charge on any atom is -0.357 e. The molecule has 0 radical (unpaired) electrons. The lowest BCUT2D eigenvalue weighted by Gasteiger charge is -2.11. The van der Waals surface area contributed by atoms with Gasteiger partial charge >= 0.3 is 0 Å². The molecule has 0 aliphatic carbocycles. The number of rotatable bonds is 8. The number of carbonyl (C=O) groups is 1. The Hall–Kier alpha value is -1.94. The van der Waals surface area contributed by atoms with Crippen molar-refractivity contribution in [3.8, 4) is 0 Å². The molecule has 3 N–H and O–H groups in total. The van der Waals surface area contributed by atoms with E-state index in [9.17, 15) is 4.79 Å². The topological polar surface area (TPSA) is 91.3 Å². The smallest absolute Gasteiger partial charge is 0.227 e. The van der Waals surface area contributed by atoms with Crippen molar-refractivity contribution < 1.29 is 4.79 Å². The second-order valence-corrected chi connectivity index (χ2v) is 6.33. The van der Waals surface area contributed by atoms with Gasteiger partial charge in [-0.1, -0.05) is 23.7 Å². The first kappa shape index (κ1) is 24.1. The first-order chi connectivity index (χ1) is 13.1. The van der Waals surface area contributed by atoms with E-state index < -0.39 is 0 Å². The third kappa shape index (κ3) is 9.32. The van der Waals surface area contributed by atoms with Crippen molar-refractivity contribution in [1.29, 1.82) is 0 Å². The number of aromatic nitrogens is 2. The van der Waals surface area contributed by atoms with E-state index in [4.69, 9.17) is 11.6 Å². The molecule has 0 saturated heterocycles. The van der Waals surface area contributed by atoms with Crippen LogP contribution in [0.5, 0.6) is 0 Å². The summed E-state index contributed by atoms with van der Waals surface area (Å²) < 4.78 is 0. The summed E-state index contributed by atoms with van der Waals surface area (Å²) in [6.45, 7) is 5.78. The van der Waals surface area contributed by atoms with Gasteiger partial charge in [0.05, 0.1) is 6.54 Å². The van der Waals surface area contributed by atoms with Crippen molar-refractivity contribution in [2.24, 2.45) is 4.99 Å². The van der Waals surface area contributed by atoms with Crippen LogP contribution in [-0.4, -0.2) is 41.5 Å². The van der Waals surface area contributed by atoms with E-state index in [1.54, 1.807) is 24.5 Å². The molecule has 0 atom stereocenters. The zero-order valence-corrected chi connectivity index (χ0v) is 19.1. The Morgan fingerprint density at radius 1 is 1.14 bits per heavy atom. The van der Waals surface area contributed by atoms with Gasteiger partial charge in [0.25, 0.3) is 0 Å². The van der Waals surface area contributed by atoms with Crippen LogP contribution >= 0.6 is 35.6 Å². The highest BCUT2D eigenvalue weighted by molar-refractivity contribution is 14.0. The molecular weight excluding hydrogens is 491 g/mol. The molecule has 1 amide bonds. The van der Waals surface area contributed by atoms with Gasteiger partial charge < -0.3 is 16.0 Å². The van der Waals surface area contributed by atoms with Crippen LogP contribution < -0.4 is 16.0 Å². The van der Waals surface area contributed by atoms with Gasteiger partial charge in [0.15, 0.2) is 5.96 Å². The molecule has 0 spiro atoms. The molecule has 2 aromatic rings. The Morgan fingerprint density at radius 2 is 1.96 bits per heavy atom. The number of nitrogens with one attached hydrogen (secondary N) is 3. The zero-order valence-electron chi connectivity index (χ0n) is 16.0. The average Bonchev–Trinajstić information content (AvgIpc) is 2.65. The van der Waals surface area contributed by atoms with Crippen molar-refractivity contribution in [1.82, 2.24) is 20.6 Å². The van der Waals surface area contributed by atoms with E-state index in [0.717, 1.165) is 24.1 Å². The van der Waals surface area contributed by atoms with E-state index in [0.29, 0.717) is 30.0 Å². The Bertz CT molecular complexity index is 752. The summed E-state index contributed by atoms with van der Waals surface area (Å²) in [5.74, 6) is 1.12. The Morgan fingerprint density at radius 3 is 2.61 bits per heavy atom. The van der Waals surface area contributed by atoms with Crippen molar-refractivity contribution in [2.45, 2.75) is 26.7 Å². The molecule has 2 aromatic heterocycles. The van der Waals surface area contributed by atoms with Crippen LogP contribution in [0.2, 0.25) is 5.15 Å². The molecule has 0 aliphatic heterocycles. The van der Waals surface area contributed by atoms with Crippen LogP contribution in [0, 0.1) is 6.92 Å². The minimum absolute atomic E-state index is 0. The summed E-state index contributed by atoms with van der Waals surface area (Å²) in [5, 5.41) is 9.67. The van der Waals surface area contributed by atoms with Crippen LogP contribution in [0.4, 0.5) is 5.82 Å². The molecule has 0 aromatic carbocycles. The number of pyridine rings is 2. The van der Waals surface area contributed by atoms with E-state index in [1.165, 1.54) is 0 Å². The molecule has 0 fully saturated rings. The lowest BCUT2D eigenvalue weighted by Crippen LogP contribution is -2.38. The van der Waals surface area contributed by atoms with Gasteiger partial charge in [0.2, 0.25) is 5.91 Å². The fourth-order valence-corrected chi connectivity index (χ4v) is 2.35. The van der Waals surface area contributed by atoms with Crippen molar-refractivity contribution in [3.63, 3.8) is 0 Å². The highest BCUT2D eigenvalue weighted by Gasteiger charge is 2.04. The molecule has 7 nitrogen and oxygen atoms in total. The van der Waals surface area contributed by atoms with Gasteiger partial charge in [-0.3, -0.25) is 9.79 Å². The minimum atomic E-state index is -0.113. The number of nitrogens with zero attached hydrogens (tertiary/aromatic N) is 3. The first-order valence-electron chi connectivity index (χ1n) is 8.92. The van der Waals surface area contributed by atoms with Crippen LogP contribution in [-0.2, 0) is 11.2 Å². The normalized spacial score (nSPS) is 10.8. The number of carbonyl (C=O) groups excluding carboxylic acids is 1. The second-order valence-electron chi connectivity index (χ2n) is 5.95. The number of aryl methyl sites for hydroxylation is 1. The summed E-state index contributed by atoms with van der Waals surface area (Å²) in [4.78, 5) is 24.6. The second kappa shape index (κ2) is 13.3. The standard InChI is InChI=1S/C19H25ClN6O.HI/c1-3-21-19(22-10-8-15-5-6-16(20)24-13-15)23-11-9-18(27)26-17-7-4-14(2)12-25-17;/h4-7,12-13H,3,8-11H2,1-2H3,(H2,21,22,23)(H,25,26,27);1H. The number of halogens is 2. The van der Waals surface area contributed by atoms with Gasteiger partial charge in [0.1, 0.15) is 11.0 Å². The average molecular weight is 517 g/mol. The van der Waals surface area contributed by atoms with E-state index in [1.807, 2.05) is 26.0 Å².